The lowest BCUT2D eigenvalue weighted by Gasteiger charge is -2.15. The van der Waals surface area contributed by atoms with Gasteiger partial charge in [-0.2, -0.15) is 0 Å². The molecule has 1 heterocycles. The summed E-state index contributed by atoms with van der Waals surface area (Å²) in [5.74, 6) is 1.42. The maximum atomic E-state index is 12.7. The van der Waals surface area contributed by atoms with E-state index in [1.807, 2.05) is 18.4 Å². The molecular formula is C25H18N2O4S. The minimum Gasteiger partial charge on any atom is -0.448 e. The van der Waals surface area contributed by atoms with Crippen LogP contribution < -0.4 is 0 Å². The molecule has 0 saturated carbocycles. The van der Waals surface area contributed by atoms with E-state index in [4.69, 9.17) is 16.0 Å². The summed E-state index contributed by atoms with van der Waals surface area (Å²) < 4.78 is 5.76. The molecule has 1 unspecified atom stereocenters. The average Bonchev–Trinajstić information content (AvgIpc) is 3.43. The van der Waals surface area contributed by atoms with Crippen LogP contribution >= 0.6 is 11.3 Å². The fourth-order valence-electron chi connectivity index (χ4n) is 3.31. The lowest BCUT2D eigenvalue weighted by molar-refractivity contribution is 0.0453. The number of thiazole rings is 1. The van der Waals surface area contributed by atoms with E-state index < -0.39 is 18.0 Å². The van der Waals surface area contributed by atoms with Gasteiger partial charge < -0.3 is 9.57 Å². The minimum absolute atomic E-state index is 0.314. The van der Waals surface area contributed by atoms with Crippen LogP contribution in [-0.4, -0.2) is 28.7 Å². The summed E-state index contributed by atoms with van der Waals surface area (Å²) in [7, 11) is 0. The standard InChI is InChI=1S/C25H18N2O4S/c1-3-22-26-21(15-32-22)19-14-20(27-31-25(29)18-12-8-5-9-13-18)23(16(19)2)30-24(28)17-10-6-4-7-11-17/h1,4-13,15,23H,14H2,2H3/b27-20-. The SMILES string of the molecule is C#Cc1nc(C2=C(C)C(OC(=O)c3ccccc3)/C(=N\OC(=O)c3ccccc3)C2)cs1. The molecule has 0 N–H and O–H groups in total. The third-order valence-electron chi connectivity index (χ3n) is 4.96. The summed E-state index contributed by atoms with van der Waals surface area (Å²) in [6.45, 7) is 1.84. The Bertz CT molecular complexity index is 1250. The van der Waals surface area contributed by atoms with Gasteiger partial charge in [0, 0.05) is 11.8 Å². The summed E-state index contributed by atoms with van der Waals surface area (Å²) in [5.41, 5.74) is 3.48. The van der Waals surface area contributed by atoms with Crippen LogP contribution in [0.4, 0.5) is 0 Å². The van der Waals surface area contributed by atoms with Crippen LogP contribution in [0.1, 0.15) is 44.8 Å². The lowest BCUT2D eigenvalue weighted by Crippen LogP contribution is -2.25. The Morgan fingerprint density at radius 2 is 1.69 bits per heavy atom. The molecule has 2 aromatic carbocycles. The Morgan fingerprint density at radius 3 is 2.28 bits per heavy atom. The molecule has 0 radical (unpaired) electrons. The van der Waals surface area contributed by atoms with Crippen LogP contribution in [0, 0.1) is 12.3 Å². The van der Waals surface area contributed by atoms with Gasteiger partial charge in [-0.1, -0.05) is 41.6 Å². The molecule has 32 heavy (non-hydrogen) atoms. The van der Waals surface area contributed by atoms with Crippen molar-refractivity contribution in [2.24, 2.45) is 5.16 Å². The molecule has 0 fully saturated rings. The maximum Gasteiger partial charge on any atom is 0.365 e. The first-order valence-corrected chi connectivity index (χ1v) is 10.7. The Morgan fingerprint density at radius 1 is 1.06 bits per heavy atom. The molecule has 158 valence electrons. The first kappa shape index (κ1) is 21.2. The van der Waals surface area contributed by atoms with Gasteiger partial charge in [0.25, 0.3) is 0 Å². The van der Waals surface area contributed by atoms with E-state index in [2.05, 4.69) is 16.1 Å². The van der Waals surface area contributed by atoms with Gasteiger partial charge in [-0.25, -0.2) is 14.6 Å². The molecule has 0 saturated heterocycles. The first-order chi connectivity index (χ1) is 15.6. The fourth-order valence-corrected chi connectivity index (χ4v) is 3.94. The van der Waals surface area contributed by atoms with Gasteiger partial charge >= 0.3 is 11.9 Å². The summed E-state index contributed by atoms with van der Waals surface area (Å²) in [6, 6.07) is 17.2. The number of carbonyl (C=O) groups excluding carboxylic acids is 2. The lowest BCUT2D eigenvalue weighted by atomic mass is 10.1. The number of hydrogen-bond acceptors (Lipinski definition) is 7. The summed E-state index contributed by atoms with van der Waals surface area (Å²) in [4.78, 5) is 34.6. The zero-order valence-corrected chi connectivity index (χ0v) is 18.0. The molecule has 1 atom stereocenters. The van der Waals surface area contributed by atoms with Gasteiger partial charge in [-0.3, -0.25) is 0 Å². The molecule has 1 aliphatic carbocycles. The van der Waals surface area contributed by atoms with Gasteiger partial charge in [0.1, 0.15) is 5.71 Å². The Kier molecular flexibility index (Phi) is 6.24. The number of aromatic nitrogens is 1. The van der Waals surface area contributed by atoms with Crippen molar-refractivity contribution in [2.45, 2.75) is 19.4 Å². The van der Waals surface area contributed by atoms with E-state index in [0.29, 0.717) is 34.0 Å². The van der Waals surface area contributed by atoms with E-state index >= 15 is 0 Å². The van der Waals surface area contributed by atoms with E-state index in [0.717, 1.165) is 11.1 Å². The molecular weight excluding hydrogens is 424 g/mol. The van der Waals surface area contributed by atoms with Crippen LogP contribution in [-0.2, 0) is 9.57 Å². The molecule has 4 rings (SSSR count). The molecule has 7 heteroatoms. The highest BCUT2D eigenvalue weighted by atomic mass is 32.1. The number of ether oxygens (including phenoxy) is 1. The molecule has 0 aliphatic heterocycles. The second-order valence-corrected chi connectivity index (χ2v) is 7.86. The minimum atomic E-state index is -0.780. The van der Waals surface area contributed by atoms with Crippen molar-refractivity contribution in [2.75, 3.05) is 0 Å². The smallest absolute Gasteiger partial charge is 0.365 e. The third-order valence-corrected chi connectivity index (χ3v) is 5.73. The van der Waals surface area contributed by atoms with Crippen LogP contribution in [0.5, 0.6) is 0 Å². The second-order valence-electron chi connectivity index (χ2n) is 7.00. The first-order valence-electron chi connectivity index (χ1n) is 9.78. The highest BCUT2D eigenvalue weighted by molar-refractivity contribution is 7.10. The highest BCUT2D eigenvalue weighted by Crippen LogP contribution is 2.35. The van der Waals surface area contributed by atoms with Crippen LogP contribution in [0.15, 0.2) is 76.8 Å². The Labute approximate surface area is 189 Å². The third kappa shape index (κ3) is 4.51. The predicted molar refractivity (Wildman–Crippen MR) is 122 cm³/mol. The van der Waals surface area contributed by atoms with Crippen LogP contribution in [0.2, 0.25) is 0 Å². The highest BCUT2D eigenvalue weighted by Gasteiger charge is 2.34. The van der Waals surface area contributed by atoms with Crippen molar-refractivity contribution in [3.05, 3.63) is 93.4 Å². The molecule has 0 spiro atoms. The van der Waals surface area contributed by atoms with Crippen molar-refractivity contribution in [1.82, 2.24) is 4.98 Å². The molecule has 1 aliphatic rings. The largest absolute Gasteiger partial charge is 0.448 e. The second kappa shape index (κ2) is 9.41. The van der Waals surface area contributed by atoms with E-state index in [9.17, 15) is 9.59 Å². The fraction of sp³-hybridized carbons (Fsp3) is 0.120. The number of rotatable bonds is 5. The Hall–Kier alpha value is -4.02. The quantitative estimate of drug-likeness (QED) is 0.247. The van der Waals surface area contributed by atoms with Crippen molar-refractivity contribution < 1.29 is 19.2 Å². The van der Waals surface area contributed by atoms with E-state index in [-0.39, 0.29) is 0 Å². The molecule has 6 nitrogen and oxygen atoms in total. The van der Waals surface area contributed by atoms with Crippen molar-refractivity contribution in [1.29, 1.82) is 0 Å². The number of esters is 1. The van der Waals surface area contributed by atoms with Gasteiger partial charge in [0.15, 0.2) is 11.1 Å². The molecule has 3 aromatic rings. The normalized spacial score (nSPS) is 16.6. The monoisotopic (exact) mass is 442 g/mol. The zero-order valence-electron chi connectivity index (χ0n) is 17.1. The average molecular weight is 442 g/mol. The topological polar surface area (TPSA) is 77.8 Å². The number of nitrogens with zero attached hydrogens (tertiary/aromatic N) is 2. The maximum absolute atomic E-state index is 12.7. The van der Waals surface area contributed by atoms with Crippen molar-refractivity contribution in [3.63, 3.8) is 0 Å². The molecule has 1 aromatic heterocycles. The summed E-state index contributed by atoms with van der Waals surface area (Å²) in [6.07, 6.45) is 4.98. The van der Waals surface area contributed by atoms with Crippen molar-refractivity contribution >= 4 is 34.6 Å². The predicted octanol–water partition coefficient (Wildman–Crippen LogP) is 4.74. The number of hydrogen-bond donors (Lipinski definition) is 0. The van der Waals surface area contributed by atoms with Crippen LogP contribution in [0.3, 0.4) is 0 Å². The number of carbonyl (C=O) groups is 2. The number of oxime groups is 1. The van der Waals surface area contributed by atoms with Gasteiger partial charge in [0.05, 0.1) is 16.8 Å². The van der Waals surface area contributed by atoms with Crippen LogP contribution in [0.25, 0.3) is 5.57 Å². The molecule has 0 bridgehead atoms. The van der Waals surface area contributed by atoms with Gasteiger partial charge in [-0.15, -0.1) is 17.8 Å². The van der Waals surface area contributed by atoms with Gasteiger partial charge in [-0.05, 0) is 48.3 Å². The number of benzene rings is 2. The van der Waals surface area contributed by atoms with Crippen molar-refractivity contribution in [3.8, 4) is 12.3 Å². The summed E-state index contributed by atoms with van der Waals surface area (Å²) in [5, 5.41) is 6.47. The van der Waals surface area contributed by atoms with E-state index in [1.165, 1.54) is 11.3 Å². The number of allylic oxidation sites excluding steroid dienone is 1. The van der Waals surface area contributed by atoms with Gasteiger partial charge in [0.2, 0.25) is 0 Å². The Balaban J connectivity index is 1.62. The van der Waals surface area contributed by atoms with E-state index in [1.54, 1.807) is 54.6 Å². The number of terminal acetylenes is 1. The summed E-state index contributed by atoms with van der Waals surface area (Å²) >= 11 is 1.35. The molecule has 0 amide bonds. The zero-order chi connectivity index (χ0) is 22.5.